The summed E-state index contributed by atoms with van der Waals surface area (Å²) >= 11 is 6.39. The van der Waals surface area contributed by atoms with E-state index in [1.165, 1.54) is 28.7 Å². The van der Waals surface area contributed by atoms with Crippen molar-refractivity contribution in [3.05, 3.63) is 92.4 Å². The minimum absolute atomic E-state index is 0.0241. The fraction of sp³-hybridized carbons (Fsp3) is 0.387. The molecule has 8 nitrogen and oxygen atoms in total. The van der Waals surface area contributed by atoms with Crippen molar-refractivity contribution in [3.63, 3.8) is 0 Å². The quantitative estimate of drug-likeness (QED) is 0.234. The molecule has 4 rings (SSSR count). The van der Waals surface area contributed by atoms with Crippen LogP contribution in [0.3, 0.4) is 0 Å². The summed E-state index contributed by atoms with van der Waals surface area (Å²) in [4.78, 5) is 39.9. The van der Waals surface area contributed by atoms with Crippen molar-refractivity contribution < 1.29 is 37.0 Å². The van der Waals surface area contributed by atoms with Crippen molar-refractivity contribution in [2.24, 2.45) is 0 Å². The van der Waals surface area contributed by atoms with Crippen LogP contribution in [0.1, 0.15) is 66.7 Å². The maximum atomic E-state index is 13.5. The van der Waals surface area contributed by atoms with Crippen molar-refractivity contribution in [2.45, 2.75) is 71.0 Å². The molecule has 0 radical (unpaired) electrons. The smallest absolute Gasteiger partial charge is 0.465 e. The first-order valence-electron chi connectivity index (χ1n) is 13.6. The number of aromatic nitrogens is 1. The van der Waals surface area contributed by atoms with Crippen LogP contribution >= 0.6 is 11.6 Å². The number of ether oxygens (including phenoxy) is 3. The number of carbonyl (C=O) groups is 2. The maximum absolute atomic E-state index is 13.5. The number of carbonyl (C=O) groups excluding carboxylic acids is 2. The van der Waals surface area contributed by atoms with Gasteiger partial charge < -0.3 is 18.8 Å². The molecule has 1 amide bonds. The predicted octanol–water partition coefficient (Wildman–Crippen LogP) is 7.25. The molecule has 3 aromatic rings. The summed E-state index contributed by atoms with van der Waals surface area (Å²) in [6.45, 7) is 5.03. The number of alkyl halides is 3. The van der Waals surface area contributed by atoms with E-state index in [4.69, 9.17) is 21.1 Å². The van der Waals surface area contributed by atoms with E-state index in [-0.39, 0.29) is 29.7 Å². The molecular weight excluding hydrogens is 589 g/mol. The van der Waals surface area contributed by atoms with Gasteiger partial charge in [-0.05, 0) is 87.4 Å². The Labute approximate surface area is 251 Å². The minimum Gasteiger partial charge on any atom is -0.465 e. The van der Waals surface area contributed by atoms with Crippen LogP contribution in [0.2, 0.25) is 5.02 Å². The molecular formula is C31H32ClF3N2O6. The molecule has 1 saturated carbocycles. The molecule has 1 heterocycles. The van der Waals surface area contributed by atoms with Crippen LogP contribution < -0.4 is 15.2 Å². The number of hydrogen-bond acceptors (Lipinski definition) is 6. The number of halogens is 4. The summed E-state index contributed by atoms with van der Waals surface area (Å²) in [7, 11) is 1.29. The second kappa shape index (κ2) is 12.7. The molecule has 0 bridgehead atoms. The van der Waals surface area contributed by atoms with Gasteiger partial charge in [-0.25, -0.2) is 9.59 Å². The van der Waals surface area contributed by atoms with Gasteiger partial charge in [-0.1, -0.05) is 29.8 Å². The average molecular weight is 621 g/mol. The van der Waals surface area contributed by atoms with Gasteiger partial charge in [0.15, 0.2) is 0 Å². The van der Waals surface area contributed by atoms with Crippen LogP contribution in [0.5, 0.6) is 5.75 Å². The zero-order valence-corrected chi connectivity index (χ0v) is 24.9. The lowest BCUT2D eigenvalue weighted by atomic mass is 10.1. The Morgan fingerprint density at radius 2 is 1.72 bits per heavy atom. The fourth-order valence-electron chi connectivity index (χ4n) is 4.59. The Morgan fingerprint density at radius 1 is 1.05 bits per heavy atom. The van der Waals surface area contributed by atoms with Crippen LogP contribution in [0, 0.1) is 0 Å². The second-order valence-corrected chi connectivity index (χ2v) is 11.6. The van der Waals surface area contributed by atoms with Crippen molar-refractivity contribution in [1.82, 2.24) is 4.57 Å². The van der Waals surface area contributed by atoms with Gasteiger partial charge in [0.05, 0.1) is 24.9 Å². The number of anilines is 1. The summed E-state index contributed by atoms with van der Waals surface area (Å²) in [5, 5.41) is 0.0241. The molecule has 12 heteroatoms. The van der Waals surface area contributed by atoms with E-state index in [0.29, 0.717) is 17.7 Å². The number of esters is 1. The molecule has 1 aliphatic carbocycles. The Hall–Kier alpha value is -3.99. The number of amides is 1. The first-order valence-corrected chi connectivity index (χ1v) is 14.0. The Balaban J connectivity index is 1.75. The number of hydrogen-bond donors (Lipinski definition) is 0. The molecule has 0 aliphatic heterocycles. The number of pyridine rings is 1. The van der Waals surface area contributed by atoms with Gasteiger partial charge in [0, 0.05) is 18.3 Å². The summed E-state index contributed by atoms with van der Waals surface area (Å²) in [5.74, 6) is -0.871. The molecule has 1 aliphatic rings. The number of rotatable bonds is 9. The predicted molar refractivity (Wildman–Crippen MR) is 155 cm³/mol. The van der Waals surface area contributed by atoms with Crippen molar-refractivity contribution in [2.75, 3.05) is 12.0 Å². The SMILES string of the molecule is COC(=O)c1ccc(CCn2c(CN(C(=O)OC(C)(C)C)c3cccc(OC(F)(F)F)c3)c(C3CC3)cc(Cl)c2=O)cc1. The lowest BCUT2D eigenvalue weighted by molar-refractivity contribution is -0.274. The van der Waals surface area contributed by atoms with Crippen LogP contribution in [0.15, 0.2) is 59.4 Å². The molecule has 1 fully saturated rings. The largest absolute Gasteiger partial charge is 0.573 e. The summed E-state index contributed by atoms with van der Waals surface area (Å²) in [6, 6.07) is 13.4. The molecule has 0 N–H and O–H groups in total. The lowest BCUT2D eigenvalue weighted by Crippen LogP contribution is -2.39. The first-order chi connectivity index (χ1) is 20.1. The molecule has 2 aromatic carbocycles. The monoisotopic (exact) mass is 620 g/mol. The van der Waals surface area contributed by atoms with E-state index in [1.54, 1.807) is 51.1 Å². The van der Waals surface area contributed by atoms with Gasteiger partial charge in [-0.2, -0.15) is 0 Å². The fourth-order valence-corrected chi connectivity index (χ4v) is 4.81. The third-order valence-corrected chi connectivity index (χ3v) is 6.96. The highest BCUT2D eigenvalue weighted by molar-refractivity contribution is 6.30. The maximum Gasteiger partial charge on any atom is 0.573 e. The average Bonchev–Trinajstić information content (AvgIpc) is 3.76. The van der Waals surface area contributed by atoms with Crippen LogP contribution in [-0.2, 0) is 29.0 Å². The Morgan fingerprint density at radius 3 is 2.30 bits per heavy atom. The topological polar surface area (TPSA) is 87.1 Å². The van der Waals surface area contributed by atoms with Crippen molar-refractivity contribution >= 4 is 29.4 Å². The Kier molecular flexibility index (Phi) is 9.44. The zero-order valence-electron chi connectivity index (χ0n) is 24.2. The molecule has 230 valence electrons. The summed E-state index contributed by atoms with van der Waals surface area (Å²) < 4.78 is 54.9. The molecule has 0 unspecified atom stereocenters. The van der Waals surface area contributed by atoms with Gasteiger partial charge in [-0.3, -0.25) is 9.69 Å². The number of nitrogens with zero attached hydrogens (tertiary/aromatic N) is 2. The summed E-state index contributed by atoms with van der Waals surface area (Å²) in [5.41, 5.74) is 1.20. The van der Waals surface area contributed by atoms with E-state index >= 15 is 0 Å². The highest BCUT2D eigenvalue weighted by Gasteiger charge is 2.34. The zero-order chi connectivity index (χ0) is 31.5. The molecule has 0 spiro atoms. The molecule has 43 heavy (non-hydrogen) atoms. The van der Waals surface area contributed by atoms with Crippen LogP contribution in [0.4, 0.5) is 23.7 Å². The lowest BCUT2D eigenvalue weighted by Gasteiger charge is -2.29. The van der Waals surface area contributed by atoms with E-state index in [0.717, 1.165) is 36.1 Å². The summed E-state index contributed by atoms with van der Waals surface area (Å²) in [6.07, 6.45) is -3.64. The van der Waals surface area contributed by atoms with E-state index in [2.05, 4.69) is 4.74 Å². The van der Waals surface area contributed by atoms with Gasteiger partial charge in [-0.15, -0.1) is 13.2 Å². The van der Waals surface area contributed by atoms with Gasteiger partial charge in [0.2, 0.25) is 0 Å². The third-order valence-electron chi connectivity index (χ3n) is 6.69. The van der Waals surface area contributed by atoms with Gasteiger partial charge >= 0.3 is 18.4 Å². The number of methoxy groups -OCH3 is 1. The molecule has 0 saturated heterocycles. The molecule has 1 aromatic heterocycles. The highest BCUT2D eigenvalue weighted by atomic mass is 35.5. The third kappa shape index (κ3) is 8.53. The van der Waals surface area contributed by atoms with Crippen molar-refractivity contribution in [3.8, 4) is 5.75 Å². The van der Waals surface area contributed by atoms with E-state index < -0.39 is 35.3 Å². The number of benzene rings is 2. The second-order valence-electron chi connectivity index (χ2n) is 11.2. The normalized spacial score (nSPS) is 13.4. The minimum atomic E-state index is -4.93. The van der Waals surface area contributed by atoms with Crippen LogP contribution in [-0.4, -0.2) is 35.7 Å². The van der Waals surface area contributed by atoms with Gasteiger partial charge in [0.1, 0.15) is 16.4 Å². The standard InChI is InChI=1S/C31H32ClF3N2O6/c1-30(2,3)43-29(40)37(22-6-5-7-23(16-22)42-31(33,34)35)18-26-24(20-12-13-20)17-25(32)27(38)36(26)15-14-19-8-10-21(11-9-19)28(39)41-4/h5-11,16-17,20H,12-15,18H2,1-4H3. The van der Waals surface area contributed by atoms with E-state index in [1.807, 2.05) is 0 Å². The van der Waals surface area contributed by atoms with E-state index in [9.17, 15) is 27.6 Å². The van der Waals surface area contributed by atoms with Crippen LogP contribution in [0.25, 0.3) is 0 Å². The first kappa shape index (κ1) is 31.9. The Bertz CT molecular complexity index is 1540. The number of aryl methyl sites for hydroxylation is 1. The van der Waals surface area contributed by atoms with Gasteiger partial charge in [0.25, 0.3) is 5.56 Å². The highest BCUT2D eigenvalue weighted by Crippen LogP contribution is 2.43. The molecule has 0 atom stereocenters. The van der Waals surface area contributed by atoms with Crippen molar-refractivity contribution in [1.29, 1.82) is 0 Å².